The Bertz CT molecular complexity index is 302. The number of hydrogen-bond acceptors (Lipinski definition) is 3. The second kappa shape index (κ2) is 8.88. The molecule has 0 aromatic rings. The minimum atomic E-state index is -3.08. The number of rotatable bonds is 10. The van der Waals surface area contributed by atoms with Gasteiger partial charge in [0, 0.05) is 18.6 Å². The van der Waals surface area contributed by atoms with E-state index in [-0.39, 0.29) is 11.8 Å². The van der Waals surface area contributed by atoms with E-state index in [0.717, 1.165) is 25.8 Å². The van der Waals surface area contributed by atoms with Gasteiger partial charge in [-0.2, -0.15) is 4.31 Å². The zero-order valence-electron chi connectivity index (χ0n) is 12.6. The third kappa shape index (κ3) is 6.71. The van der Waals surface area contributed by atoms with Crippen molar-refractivity contribution < 1.29 is 8.42 Å². The van der Waals surface area contributed by atoms with E-state index in [1.807, 2.05) is 20.8 Å². The van der Waals surface area contributed by atoms with Crippen molar-refractivity contribution >= 4 is 10.0 Å². The topological polar surface area (TPSA) is 49.4 Å². The molecular formula is C13H30N2O2S. The van der Waals surface area contributed by atoms with E-state index < -0.39 is 10.0 Å². The summed E-state index contributed by atoms with van der Waals surface area (Å²) >= 11 is 0. The Hall–Kier alpha value is -0.130. The van der Waals surface area contributed by atoms with Crippen LogP contribution in [0.4, 0.5) is 0 Å². The summed E-state index contributed by atoms with van der Waals surface area (Å²) in [5, 5.41) is 3.30. The maximum absolute atomic E-state index is 12.2. The number of sulfonamides is 1. The summed E-state index contributed by atoms with van der Waals surface area (Å²) in [5.41, 5.74) is 0. The highest BCUT2D eigenvalue weighted by Gasteiger charge is 2.23. The van der Waals surface area contributed by atoms with E-state index in [9.17, 15) is 8.42 Å². The van der Waals surface area contributed by atoms with Crippen LogP contribution in [0.3, 0.4) is 0 Å². The van der Waals surface area contributed by atoms with Crippen molar-refractivity contribution in [2.24, 2.45) is 0 Å². The van der Waals surface area contributed by atoms with Crippen molar-refractivity contribution in [1.82, 2.24) is 9.62 Å². The maximum Gasteiger partial charge on any atom is 0.214 e. The molecule has 0 amide bonds. The number of unbranched alkanes of at least 4 members (excludes halogenated alkanes) is 1. The summed E-state index contributed by atoms with van der Waals surface area (Å²) in [5.74, 6) is 0.269. The van der Waals surface area contributed by atoms with Gasteiger partial charge in [-0.25, -0.2) is 8.42 Å². The van der Waals surface area contributed by atoms with Gasteiger partial charge < -0.3 is 5.32 Å². The fraction of sp³-hybridized carbons (Fsp3) is 1.00. The van der Waals surface area contributed by atoms with Crippen LogP contribution in [0.25, 0.3) is 0 Å². The fourth-order valence-electron chi connectivity index (χ4n) is 1.90. The second-order valence-corrected chi connectivity index (χ2v) is 7.13. The molecule has 0 rings (SSSR count). The SMILES string of the molecule is CCC(C)N(CC)S(=O)(=O)CCCCNC(C)C. The van der Waals surface area contributed by atoms with Gasteiger partial charge in [-0.15, -0.1) is 0 Å². The van der Waals surface area contributed by atoms with Crippen LogP contribution in [0.1, 0.15) is 53.9 Å². The van der Waals surface area contributed by atoms with Crippen LogP contribution in [0.2, 0.25) is 0 Å². The molecule has 0 bridgehead atoms. The number of hydrogen-bond donors (Lipinski definition) is 1. The Kier molecular flexibility index (Phi) is 8.82. The van der Waals surface area contributed by atoms with Gasteiger partial charge >= 0.3 is 0 Å². The van der Waals surface area contributed by atoms with Gasteiger partial charge in [0.1, 0.15) is 0 Å². The largest absolute Gasteiger partial charge is 0.315 e. The van der Waals surface area contributed by atoms with Gasteiger partial charge in [-0.3, -0.25) is 0 Å². The van der Waals surface area contributed by atoms with E-state index >= 15 is 0 Å². The third-order valence-electron chi connectivity index (χ3n) is 3.13. The first-order valence-electron chi connectivity index (χ1n) is 7.08. The Morgan fingerprint density at radius 2 is 1.72 bits per heavy atom. The van der Waals surface area contributed by atoms with Crippen molar-refractivity contribution in [2.45, 2.75) is 66.0 Å². The predicted octanol–water partition coefficient (Wildman–Crippen LogP) is 2.21. The maximum atomic E-state index is 12.2. The molecule has 0 saturated carbocycles. The number of nitrogens with zero attached hydrogens (tertiary/aromatic N) is 1. The van der Waals surface area contributed by atoms with E-state index in [4.69, 9.17) is 0 Å². The molecule has 0 aliphatic rings. The Morgan fingerprint density at radius 1 is 1.11 bits per heavy atom. The second-order valence-electron chi connectivity index (χ2n) is 5.09. The molecule has 0 aromatic heterocycles. The lowest BCUT2D eigenvalue weighted by atomic mass is 10.3. The number of nitrogens with one attached hydrogen (secondary N) is 1. The Labute approximate surface area is 113 Å². The monoisotopic (exact) mass is 278 g/mol. The summed E-state index contributed by atoms with van der Waals surface area (Å²) in [6.45, 7) is 11.6. The van der Waals surface area contributed by atoms with Gasteiger partial charge in [-0.05, 0) is 32.7 Å². The molecule has 18 heavy (non-hydrogen) atoms. The molecule has 0 heterocycles. The van der Waals surface area contributed by atoms with Crippen molar-refractivity contribution in [2.75, 3.05) is 18.8 Å². The Morgan fingerprint density at radius 3 is 2.17 bits per heavy atom. The molecule has 0 spiro atoms. The van der Waals surface area contributed by atoms with Gasteiger partial charge in [-0.1, -0.05) is 27.7 Å². The molecule has 0 aliphatic carbocycles. The van der Waals surface area contributed by atoms with Crippen LogP contribution in [0, 0.1) is 0 Å². The average Bonchev–Trinajstić information content (AvgIpc) is 2.28. The summed E-state index contributed by atoms with van der Waals surface area (Å²) < 4.78 is 26.0. The van der Waals surface area contributed by atoms with E-state index in [1.54, 1.807) is 4.31 Å². The summed E-state index contributed by atoms with van der Waals surface area (Å²) in [6.07, 6.45) is 2.51. The lowest BCUT2D eigenvalue weighted by molar-refractivity contribution is 0.342. The Balaban J connectivity index is 4.13. The minimum absolute atomic E-state index is 0.105. The molecule has 4 nitrogen and oxygen atoms in total. The molecule has 1 N–H and O–H groups in total. The molecule has 1 unspecified atom stereocenters. The zero-order chi connectivity index (χ0) is 14.2. The normalized spacial score (nSPS) is 14.4. The third-order valence-corrected chi connectivity index (χ3v) is 5.27. The zero-order valence-corrected chi connectivity index (χ0v) is 13.4. The smallest absolute Gasteiger partial charge is 0.214 e. The molecule has 0 aliphatic heterocycles. The molecule has 110 valence electrons. The van der Waals surface area contributed by atoms with Crippen LogP contribution >= 0.6 is 0 Å². The highest BCUT2D eigenvalue weighted by Crippen LogP contribution is 2.11. The molecule has 0 saturated heterocycles. The van der Waals surface area contributed by atoms with Crippen LogP contribution in [-0.4, -0.2) is 43.6 Å². The van der Waals surface area contributed by atoms with E-state index in [1.165, 1.54) is 0 Å². The fourth-order valence-corrected chi connectivity index (χ4v) is 3.80. The molecular weight excluding hydrogens is 248 g/mol. The van der Waals surface area contributed by atoms with Crippen LogP contribution in [0.5, 0.6) is 0 Å². The molecule has 0 fully saturated rings. The van der Waals surface area contributed by atoms with Crippen molar-refractivity contribution in [1.29, 1.82) is 0 Å². The lowest BCUT2D eigenvalue weighted by Gasteiger charge is -2.26. The lowest BCUT2D eigenvalue weighted by Crippen LogP contribution is -2.39. The first kappa shape index (κ1) is 17.9. The summed E-state index contributed by atoms with van der Waals surface area (Å²) in [7, 11) is -3.08. The quantitative estimate of drug-likeness (QED) is 0.623. The first-order chi connectivity index (χ1) is 8.35. The predicted molar refractivity (Wildman–Crippen MR) is 78.3 cm³/mol. The average molecular weight is 278 g/mol. The summed E-state index contributed by atoms with van der Waals surface area (Å²) in [4.78, 5) is 0. The van der Waals surface area contributed by atoms with Gasteiger partial charge in [0.15, 0.2) is 0 Å². The molecule has 0 aromatic carbocycles. The standard InChI is InChI=1S/C13H30N2O2S/c1-6-13(5)15(7-2)18(16,17)11-9-8-10-14-12(3)4/h12-14H,6-11H2,1-5H3. The minimum Gasteiger partial charge on any atom is -0.315 e. The van der Waals surface area contributed by atoms with Crippen molar-refractivity contribution in [3.05, 3.63) is 0 Å². The van der Waals surface area contributed by atoms with Gasteiger partial charge in [0.2, 0.25) is 10.0 Å². The van der Waals surface area contributed by atoms with Crippen LogP contribution in [0.15, 0.2) is 0 Å². The van der Waals surface area contributed by atoms with E-state index in [2.05, 4.69) is 19.2 Å². The van der Waals surface area contributed by atoms with Crippen molar-refractivity contribution in [3.8, 4) is 0 Å². The highest BCUT2D eigenvalue weighted by molar-refractivity contribution is 7.89. The van der Waals surface area contributed by atoms with Crippen LogP contribution in [-0.2, 0) is 10.0 Å². The molecule has 0 radical (unpaired) electrons. The van der Waals surface area contributed by atoms with Crippen molar-refractivity contribution in [3.63, 3.8) is 0 Å². The highest BCUT2D eigenvalue weighted by atomic mass is 32.2. The molecule has 1 atom stereocenters. The summed E-state index contributed by atoms with van der Waals surface area (Å²) in [6, 6.07) is 0.572. The van der Waals surface area contributed by atoms with E-state index in [0.29, 0.717) is 12.6 Å². The van der Waals surface area contributed by atoms with Gasteiger partial charge in [0.05, 0.1) is 5.75 Å². The first-order valence-corrected chi connectivity index (χ1v) is 8.68. The molecule has 5 heteroatoms. The van der Waals surface area contributed by atoms with Gasteiger partial charge in [0.25, 0.3) is 0 Å². The van der Waals surface area contributed by atoms with Crippen LogP contribution < -0.4 is 5.32 Å².